The van der Waals surface area contributed by atoms with Crippen molar-refractivity contribution >= 4 is 57.5 Å². The highest BCUT2D eigenvalue weighted by Crippen LogP contribution is 2.41. The van der Waals surface area contributed by atoms with Crippen LogP contribution in [0.3, 0.4) is 0 Å². The van der Waals surface area contributed by atoms with Gasteiger partial charge in [-0.3, -0.25) is 0 Å². The molecule has 0 saturated heterocycles. The van der Waals surface area contributed by atoms with Crippen LogP contribution in [0.2, 0.25) is 0 Å². The van der Waals surface area contributed by atoms with Crippen molar-refractivity contribution in [3.63, 3.8) is 0 Å². The molecule has 0 aliphatic rings. The molecule has 6 heterocycles. The third kappa shape index (κ3) is 17.0. The van der Waals surface area contributed by atoms with E-state index in [-0.39, 0.29) is 0 Å². The first kappa shape index (κ1) is 53.8. The maximum Gasteiger partial charge on any atom is 0.144 e. The highest BCUT2D eigenvalue weighted by atomic mass is 32.1. The fourth-order valence-electron chi connectivity index (χ4n) is 9.74. The Bertz CT molecular complexity index is 2560. The summed E-state index contributed by atoms with van der Waals surface area (Å²) < 4.78 is 12.9. The van der Waals surface area contributed by atoms with Crippen molar-refractivity contribution in [2.45, 2.75) is 181 Å². The lowest BCUT2D eigenvalue weighted by atomic mass is 10.0. The van der Waals surface area contributed by atoms with Gasteiger partial charge in [-0.1, -0.05) is 216 Å². The number of hydrogen-bond acceptors (Lipinski definition) is 6. The Morgan fingerprint density at radius 3 is 0.889 bits per heavy atom. The van der Waals surface area contributed by atoms with Crippen molar-refractivity contribution in [1.82, 2.24) is 0 Å². The summed E-state index contributed by atoms with van der Waals surface area (Å²) in [7, 11) is 0. The van der Waals surface area contributed by atoms with Gasteiger partial charge in [-0.2, -0.15) is 0 Å². The summed E-state index contributed by atoms with van der Waals surface area (Å²) in [5, 5.41) is 0. The molecule has 0 aliphatic heterocycles. The second kappa shape index (κ2) is 30.0. The van der Waals surface area contributed by atoms with Gasteiger partial charge in [0.25, 0.3) is 0 Å². The average Bonchev–Trinajstić information content (AvgIpc) is 4.28. The molecule has 6 aromatic heterocycles. The predicted molar refractivity (Wildman–Crippen MR) is 320 cm³/mol. The summed E-state index contributed by atoms with van der Waals surface area (Å²) in [6, 6.07) is 44.2. The number of benzene rings is 2. The maximum atomic E-state index is 6.43. The monoisotopic (exact) mass is 1030 g/mol. The van der Waals surface area contributed by atoms with Crippen LogP contribution in [-0.2, 0) is 12.8 Å². The molecule has 0 saturated carbocycles. The van der Waals surface area contributed by atoms with Crippen molar-refractivity contribution in [3.8, 4) is 63.4 Å². The van der Waals surface area contributed by atoms with Gasteiger partial charge >= 0.3 is 0 Å². The second-order valence-electron chi connectivity index (χ2n) is 20.0. The lowest BCUT2D eigenvalue weighted by Gasteiger charge is -2.02. The first-order chi connectivity index (χ1) is 35.6. The van der Waals surface area contributed by atoms with Crippen LogP contribution in [0, 0.1) is 0 Å². The Morgan fingerprint density at radius 2 is 0.556 bits per heavy atom. The average molecular weight is 1030 g/mol. The molecule has 2 aromatic carbocycles. The van der Waals surface area contributed by atoms with Gasteiger partial charge in [0, 0.05) is 19.5 Å². The van der Waals surface area contributed by atoms with Gasteiger partial charge in [0.2, 0.25) is 0 Å². The van der Waals surface area contributed by atoms with Gasteiger partial charge in [-0.05, 0) is 121 Å². The van der Waals surface area contributed by atoms with Crippen LogP contribution in [0.5, 0.6) is 0 Å². The summed E-state index contributed by atoms with van der Waals surface area (Å²) in [5.41, 5.74) is 4.82. The molecular formula is C66H80O2S4. The topological polar surface area (TPSA) is 26.3 Å². The highest BCUT2D eigenvalue weighted by Gasteiger charge is 2.14. The Balaban J connectivity index is 0.737. The lowest BCUT2D eigenvalue weighted by Crippen LogP contribution is -1.84. The van der Waals surface area contributed by atoms with Gasteiger partial charge in [0.1, 0.15) is 23.0 Å². The van der Waals surface area contributed by atoms with E-state index >= 15 is 0 Å². The Morgan fingerprint density at radius 1 is 0.278 bits per heavy atom. The molecule has 0 unspecified atom stereocenters. The van der Waals surface area contributed by atoms with Gasteiger partial charge in [0.15, 0.2) is 0 Å². The number of unbranched alkanes of at least 4 members (excludes halogenated alkanes) is 22. The summed E-state index contributed by atoms with van der Waals surface area (Å²) in [5.74, 6) is 3.82. The van der Waals surface area contributed by atoms with Crippen molar-refractivity contribution in [2.75, 3.05) is 0 Å². The summed E-state index contributed by atoms with van der Waals surface area (Å²) >= 11 is 7.36. The summed E-state index contributed by atoms with van der Waals surface area (Å²) in [6.45, 7) is 4.59. The molecule has 8 aromatic rings. The summed E-state index contributed by atoms with van der Waals surface area (Å²) in [6.07, 6.45) is 40.2. The molecule has 2 nitrogen and oxygen atoms in total. The molecule has 0 bridgehead atoms. The molecule has 0 amide bonds. The van der Waals surface area contributed by atoms with Crippen LogP contribution >= 0.6 is 45.3 Å². The lowest BCUT2D eigenvalue weighted by molar-refractivity contribution is 0.544. The molecule has 0 N–H and O–H groups in total. The minimum atomic E-state index is 0.941. The van der Waals surface area contributed by atoms with E-state index in [1.54, 1.807) is 22.7 Å². The van der Waals surface area contributed by atoms with Gasteiger partial charge in [-0.25, -0.2) is 0 Å². The number of furan rings is 2. The van der Waals surface area contributed by atoms with Crippen LogP contribution in [0.15, 0.2) is 130 Å². The first-order valence-electron chi connectivity index (χ1n) is 28.1. The zero-order valence-electron chi connectivity index (χ0n) is 43.5. The van der Waals surface area contributed by atoms with E-state index in [4.69, 9.17) is 8.83 Å². The minimum Gasteiger partial charge on any atom is -0.454 e. The van der Waals surface area contributed by atoms with Crippen molar-refractivity contribution < 1.29 is 8.83 Å². The van der Waals surface area contributed by atoms with Gasteiger partial charge in [0.05, 0.1) is 19.5 Å². The van der Waals surface area contributed by atoms with Crippen molar-refractivity contribution in [1.29, 1.82) is 0 Å². The second-order valence-corrected chi connectivity index (χ2v) is 24.5. The zero-order valence-corrected chi connectivity index (χ0v) is 46.8. The van der Waals surface area contributed by atoms with E-state index in [0.29, 0.717) is 0 Å². The third-order valence-corrected chi connectivity index (χ3v) is 18.7. The molecule has 8 rings (SSSR count). The number of thiophene rings is 4. The Hall–Kier alpha value is -4.46. The molecule has 0 aliphatic carbocycles. The van der Waals surface area contributed by atoms with E-state index in [9.17, 15) is 0 Å². The molecule has 380 valence electrons. The van der Waals surface area contributed by atoms with E-state index < -0.39 is 0 Å². The Labute approximate surface area is 449 Å². The van der Waals surface area contributed by atoms with Crippen LogP contribution in [0.1, 0.15) is 189 Å². The SMILES string of the molecule is CCCCCCCCCCCCCCc1ccc(-c2ccc(-c3ccc(-c4ccc(C=Cc5ccc(-c6ccc(-c7ccc(-c8ccc(CCCCCCCCCCCCCC)s8)o7)s6)cc5)cc4)s3)o2)s1. The number of rotatable bonds is 34. The molecule has 0 radical (unpaired) electrons. The van der Waals surface area contributed by atoms with Crippen LogP contribution in [-0.4, -0.2) is 0 Å². The van der Waals surface area contributed by atoms with E-state index in [0.717, 1.165) is 32.8 Å². The normalized spacial score (nSPS) is 11.8. The largest absolute Gasteiger partial charge is 0.454 e. The maximum absolute atomic E-state index is 6.43. The quantitative estimate of drug-likeness (QED) is 0.0297. The van der Waals surface area contributed by atoms with Gasteiger partial charge < -0.3 is 8.83 Å². The highest BCUT2D eigenvalue weighted by molar-refractivity contribution is 7.19. The molecule has 0 atom stereocenters. The minimum absolute atomic E-state index is 0.941. The van der Waals surface area contributed by atoms with E-state index in [2.05, 4.69) is 147 Å². The van der Waals surface area contributed by atoms with E-state index in [1.165, 1.54) is 218 Å². The number of aryl methyl sites for hydroxylation is 2. The van der Waals surface area contributed by atoms with Crippen LogP contribution in [0.25, 0.3) is 75.6 Å². The molecular weight excluding hydrogens is 953 g/mol. The molecule has 0 spiro atoms. The number of hydrogen-bond donors (Lipinski definition) is 0. The van der Waals surface area contributed by atoms with Crippen LogP contribution in [0.4, 0.5) is 0 Å². The summed E-state index contributed by atoms with van der Waals surface area (Å²) in [4.78, 5) is 10.2. The molecule has 6 heteroatoms. The van der Waals surface area contributed by atoms with Crippen LogP contribution < -0.4 is 0 Å². The fourth-order valence-corrected chi connectivity index (χ4v) is 13.7. The van der Waals surface area contributed by atoms with E-state index in [1.807, 2.05) is 22.7 Å². The fraction of sp³-hybridized carbons (Fsp3) is 0.424. The first-order valence-corrected chi connectivity index (χ1v) is 31.4. The molecule has 0 fully saturated rings. The van der Waals surface area contributed by atoms with Crippen molar-refractivity contribution in [2.24, 2.45) is 0 Å². The molecule has 72 heavy (non-hydrogen) atoms. The predicted octanol–water partition coefficient (Wildman–Crippen LogP) is 23.8. The smallest absolute Gasteiger partial charge is 0.144 e. The third-order valence-electron chi connectivity index (χ3n) is 14.1. The zero-order chi connectivity index (χ0) is 49.4. The standard InChI is InChI=1S/C66H80O2S4/c1-3-5-7-9-11-13-15-17-19-21-23-25-27-55-39-45-63(69-55)57-41-43-59(67-57)65-49-47-61(71-65)53-35-31-51(32-36-53)29-30-52-33-37-54(38-34-52)62-48-50-66(72-62)60-44-42-58(68-60)64-46-40-56(70-64)28-26-24-22-20-18-16-14-12-10-8-6-4-2/h29-50H,3-28H2,1-2H3. The Kier molecular flexibility index (Phi) is 22.5. The van der Waals surface area contributed by atoms with Gasteiger partial charge in [-0.15, -0.1) is 45.3 Å². The van der Waals surface area contributed by atoms with Crippen molar-refractivity contribution in [3.05, 3.63) is 142 Å².